The zero-order valence-corrected chi connectivity index (χ0v) is 10.4. The van der Waals surface area contributed by atoms with Crippen molar-refractivity contribution in [3.63, 3.8) is 0 Å². The Morgan fingerprint density at radius 2 is 2.12 bits per heavy atom. The van der Waals surface area contributed by atoms with E-state index in [9.17, 15) is 0 Å². The van der Waals surface area contributed by atoms with E-state index in [-0.39, 0.29) is 0 Å². The summed E-state index contributed by atoms with van der Waals surface area (Å²) >= 11 is 1.79. The summed E-state index contributed by atoms with van der Waals surface area (Å²) < 4.78 is 0. The van der Waals surface area contributed by atoms with Gasteiger partial charge in [0.25, 0.3) is 0 Å². The minimum absolute atomic E-state index is 0.965. The Hall–Kier alpha value is -1.12. The molecule has 0 bridgehead atoms. The number of hydrogen-bond donors (Lipinski definition) is 1. The fourth-order valence-electron chi connectivity index (χ4n) is 1.69. The summed E-state index contributed by atoms with van der Waals surface area (Å²) in [5.74, 6) is 0. The Balaban J connectivity index is 2.08. The second-order valence-electron chi connectivity index (χ2n) is 3.85. The third kappa shape index (κ3) is 2.94. The number of hydrogen-bond acceptors (Lipinski definition) is 2. The number of rotatable bonds is 5. The molecule has 0 aliphatic rings. The highest BCUT2D eigenvalue weighted by atomic mass is 32.1. The minimum Gasteiger partial charge on any atom is -0.313 e. The van der Waals surface area contributed by atoms with Crippen LogP contribution in [0.4, 0.5) is 0 Å². The number of thiophene rings is 1. The first-order chi connectivity index (χ1) is 7.90. The average Bonchev–Trinajstić information content (AvgIpc) is 2.83. The van der Waals surface area contributed by atoms with E-state index < -0.39 is 0 Å². The zero-order chi connectivity index (χ0) is 11.2. The smallest absolute Gasteiger partial charge is 0.0342 e. The lowest BCUT2D eigenvalue weighted by atomic mass is 10.1. The first-order valence-corrected chi connectivity index (χ1v) is 6.61. The van der Waals surface area contributed by atoms with Crippen LogP contribution in [0.3, 0.4) is 0 Å². The van der Waals surface area contributed by atoms with Gasteiger partial charge in [0.05, 0.1) is 0 Å². The zero-order valence-electron chi connectivity index (χ0n) is 9.57. The molecule has 1 N–H and O–H groups in total. The van der Waals surface area contributed by atoms with Crippen molar-refractivity contribution in [3.05, 3.63) is 47.3 Å². The normalized spacial score (nSPS) is 10.6. The lowest BCUT2D eigenvalue weighted by Crippen LogP contribution is -2.13. The Kier molecular flexibility index (Phi) is 4.14. The molecule has 0 radical (unpaired) electrons. The molecule has 0 aliphatic heterocycles. The quantitative estimate of drug-likeness (QED) is 0.769. The second kappa shape index (κ2) is 5.83. The summed E-state index contributed by atoms with van der Waals surface area (Å²) in [5.41, 5.74) is 2.69. The van der Waals surface area contributed by atoms with Gasteiger partial charge < -0.3 is 5.32 Å². The highest BCUT2D eigenvalue weighted by Crippen LogP contribution is 2.25. The van der Waals surface area contributed by atoms with Crippen molar-refractivity contribution in [1.29, 1.82) is 0 Å². The largest absolute Gasteiger partial charge is 0.313 e. The maximum Gasteiger partial charge on any atom is 0.0342 e. The van der Waals surface area contributed by atoms with E-state index in [1.54, 1.807) is 11.3 Å². The van der Waals surface area contributed by atoms with Gasteiger partial charge in [-0.25, -0.2) is 0 Å². The summed E-state index contributed by atoms with van der Waals surface area (Å²) in [6.45, 7) is 4.24. The molecule has 0 saturated heterocycles. The van der Waals surface area contributed by atoms with Crippen LogP contribution < -0.4 is 5.32 Å². The summed E-state index contributed by atoms with van der Waals surface area (Å²) in [5, 5.41) is 5.55. The van der Waals surface area contributed by atoms with Crippen LogP contribution in [0.1, 0.15) is 18.9 Å². The first-order valence-electron chi connectivity index (χ1n) is 5.73. The summed E-state index contributed by atoms with van der Waals surface area (Å²) in [7, 11) is 0. The molecule has 0 unspecified atom stereocenters. The molecule has 1 aromatic carbocycles. The maximum absolute atomic E-state index is 3.43. The molecule has 1 heterocycles. The molecule has 0 fully saturated rings. The third-order valence-corrected chi connectivity index (χ3v) is 3.41. The van der Waals surface area contributed by atoms with Gasteiger partial charge >= 0.3 is 0 Å². The fourth-order valence-corrected chi connectivity index (χ4v) is 2.41. The molecular formula is C14H17NS. The van der Waals surface area contributed by atoms with Gasteiger partial charge in [0.1, 0.15) is 0 Å². The van der Waals surface area contributed by atoms with E-state index in [2.05, 4.69) is 54.0 Å². The Labute approximate surface area is 101 Å². The van der Waals surface area contributed by atoms with E-state index in [0.717, 1.165) is 13.1 Å². The van der Waals surface area contributed by atoms with E-state index in [4.69, 9.17) is 0 Å². The average molecular weight is 231 g/mol. The van der Waals surface area contributed by atoms with Gasteiger partial charge in [-0.2, -0.15) is 0 Å². The molecule has 0 aliphatic carbocycles. The molecule has 2 heteroatoms. The molecule has 84 valence electrons. The third-order valence-electron chi connectivity index (χ3n) is 2.49. The monoisotopic (exact) mass is 231 g/mol. The summed E-state index contributed by atoms with van der Waals surface area (Å²) in [4.78, 5) is 1.34. The van der Waals surface area contributed by atoms with E-state index in [0.29, 0.717) is 0 Å². The lowest BCUT2D eigenvalue weighted by Gasteiger charge is -2.05. The van der Waals surface area contributed by atoms with Crippen LogP contribution in [0.15, 0.2) is 41.8 Å². The van der Waals surface area contributed by atoms with Crippen LogP contribution >= 0.6 is 11.3 Å². The van der Waals surface area contributed by atoms with Crippen molar-refractivity contribution >= 4 is 11.3 Å². The van der Waals surface area contributed by atoms with Gasteiger partial charge in [-0.05, 0) is 41.6 Å². The van der Waals surface area contributed by atoms with Crippen molar-refractivity contribution in [2.75, 3.05) is 6.54 Å². The topological polar surface area (TPSA) is 12.0 Å². The van der Waals surface area contributed by atoms with Crippen molar-refractivity contribution < 1.29 is 0 Å². The minimum atomic E-state index is 0.965. The Bertz CT molecular complexity index is 420. The molecule has 2 rings (SSSR count). The second-order valence-corrected chi connectivity index (χ2v) is 4.80. The SMILES string of the molecule is CCCNCc1cccc(-c2cccs2)c1. The van der Waals surface area contributed by atoms with Gasteiger partial charge in [-0.3, -0.25) is 0 Å². The van der Waals surface area contributed by atoms with Gasteiger partial charge in [0, 0.05) is 11.4 Å². The van der Waals surface area contributed by atoms with E-state index in [1.165, 1.54) is 22.4 Å². The van der Waals surface area contributed by atoms with Crippen molar-refractivity contribution in [1.82, 2.24) is 5.32 Å². The van der Waals surface area contributed by atoms with Crippen molar-refractivity contribution in [2.45, 2.75) is 19.9 Å². The van der Waals surface area contributed by atoms with Crippen LogP contribution in [0.2, 0.25) is 0 Å². The molecule has 0 amide bonds. The standard InChI is InChI=1S/C14H17NS/c1-2-8-15-11-12-5-3-6-13(10-12)14-7-4-9-16-14/h3-7,9-10,15H,2,8,11H2,1H3. The van der Waals surface area contributed by atoms with E-state index >= 15 is 0 Å². The number of benzene rings is 1. The summed E-state index contributed by atoms with van der Waals surface area (Å²) in [6, 6.07) is 13.0. The Morgan fingerprint density at radius 3 is 2.88 bits per heavy atom. The lowest BCUT2D eigenvalue weighted by molar-refractivity contribution is 0.675. The van der Waals surface area contributed by atoms with Gasteiger partial charge in [-0.15, -0.1) is 11.3 Å². The molecule has 0 spiro atoms. The predicted octanol–water partition coefficient (Wildman–Crippen LogP) is 3.91. The molecule has 2 aromatic rings. The van der Waals surface area contributed by atoms with Crippen LogP contribution in [0, 0.1) is 0 Å². The first kappa shape index (κ1) is 11.4. The molecular weight excluding hydrogens is 214 g/mol. The van der Waals surface area contributed by atoms with Crippen LogP contribution in [-0.4, -0.2) is 6.54 Å². The van der Waals surface area contributed by atoms with Crippen LogP contribution in [0.25, 0.3) is 10.4 Å². The molecule has 1 nitrogen and oxygen atoms in total. The highest BCUT2D eigenvalue weighted by molar-refractivity contribution is 7.13. The van der Waals surface area contributed by atoms with Crippen molar-refractivity contribution in [2.24, 2.45) is 0 Å². The molecule has 1 aromatic heterocycles. The Morgan fingerprint density at radius 1 is 1.19 bits per heavy atom. The predicted molar refractivity (Wildman–Crippen MR) is 71.8 cm³/mol. The van der Waals surface area contributed by atoms with Crippen LogP contribution in [-0.2, 0) is 6.54 Å². The fraction of sp³-hybridized carbons (Fsp3) is 0.286. The molecule has 0 saturated carbocycles. The number of nitrogens with one attached hydrogen (secondary N) is 1. The van der Waals surface area contributed by atoms with Crippen LogP contribution in [0.5, 0.6) is 0 Å². The van der Waals surface area contributed by atoms with Gasteiger partial charge in [0.2, 0.25) is 0 Å². The summed E-state index contributed by atoms with van der Waals surface area (Å²) in [6.07, 6.45) is 1.19. The van der Waals surface area contributed by atoms with Gasteiger partial charge in [-0.1, -0.05) is 31.2 Å². The van der Waals surface area contributed by atoms with Gasteiger partial charge in [0.15, 0.2) is 0 Å². The van der Waals surface area contributed by atoms with Crippen molar-refractivity contribution in [3.8, 4) is 10.4 Å². The molecule has 0 atom stereocenters. The maximum atomic E-state index is 3.43. The van der Waals surface area contributed by atoms with E-state index in [1.807, 2.05) is 0 Å². The molecule has 16 heavy (non-hydrogen) atoms. The highest BCUT2D eigenvalue weighted by Gasteiger charge is 1.99.